The number of methoxy groups -OCH3 is 1. The molecule has 0 fully saturated rings. The first-order chi connectivity index (χ1) is 13.2. The van der Waals surface area contributed by atoms with Crippen LogP contribution >= 0.6 is 0 Å². The van der Waals surface area contributed by atoms with E-state index in [1.54, 1.807) is 7.11 Å². The Kier molecular flexibility index (Phi) is 6.28. The summed E-state index contributed by atoms with van der Waals surface area (Å²) in [5, 5.41) is 9.28. The third-order valence-electron chi connectivity index (χ3n) is 4.76. The molecular weight excluding hydrogens is 336 g/mol. The van der Waals surface area contributed by atoms with Crippen LogP contribution in [0, 0.1) is 6.92 Å². The van der Waals surface area contributed by atoms with E-state index in [1.165, 1.54) is 5.56 Å². The molecule has 1 atom stereocenters. The van der Waals surface area contributed by atoms with Crippen LogP contribution in [0.4, 0.5) is 0 Å². The van der Waals surface area contributed by atoms with E-state index in [4.69, 9.17) is 9.47 Å². The number of benzene rings is 3. The normalized spacial score (nSPS) is 13.1. The predicted octanol–water partition coefficient (Wildman–Crippen LogP) is 4.69. The quantitative estimate of drug-likeness (QED) is 0.466. The van der Waals surface area contributed by atoms with Gasteiger partial charge in [-0.25, -0.2) is 0 Å². The molecule has 0 saturated heterocycles. The largest absolute Gasteiger partial charge is 0.497 e. The summed E-state index contributed by atoms with van der Waals surface area (Å²) in [5.74, 6) is 0.806. The fourth-order valence-electron chi connectivity index (χ4n) is 3.33. The molecule has 3 aromatic carbocycles. The zero-order valence-electron chi connectivity index (χ0n) is 15.9. The van der Waals surface area contributed by atoms with Crippen LogP contribution < -0.4 is 4.74 Å². The molecule has 0 amide bonds. The molecule has 0 heterocycles. The molecule has 0 aliphatic carbocycles. The summed E-state index contributed by atoms with van der Waals surface area (Å²) in [6, 6.07) is 26.7. The van der Waals surface area contributed by atoms with Crippen molar-refractivity contribution in [2.75, 3.05) is 20.3 Å². The van der Waals surface area contributed by atoms with Gasteiger partial charge in [0.2, 0.25) is 0 Å². The molecule has 140 valence electrons. The Hall–Kier alpha value is -2.62. The number of rotatable bonds is 8. The van der Waals surface area contributed by atoms with Crippen molar-refractivity contribution in [1.29, 1.82) is 0 Å². The van der Waals surface area contributed by atoms with Gasteiger partial charge in [-0.1, -0.05) is 72.3 Å². The van der Waals surface area contributed by atoms with Gasteiger partial charge in [-0.3, -0.25) is 0 Å². The Morgan fingerprint density at radius 1 is 0.778 bits per heavy atom. The van der Waals surface area contributed by atoms with Crippen LogP contribution in [0.2, 0.25) is 0 Å². The molecule has 1 N–H and O–H groups in total. The molecule has 27 heavy (non-hydrogen) atoms. The van der Waals surface area contributed by atoms with Crippen LogP contribution in [0.3, 0.4) is 0 Å². The molecule has 0 radical (unpaired) electrons. The third-order valence-corrected chi connectivity index (χ3v) is 4.76. The number of aryl methyl sites for hydroxylation is 1. The molecule has 0 aromatic heterocycles. The standard InChI is InChI=1S/C24H26O3/c1-19-9-11-21(12-10-19)24(27-18-6-17-25,20-7-4-3-5-8-20)22-13-15-23(26-2)16-14-22/h3-5,7-16,25H,6,17-18H2,1-2H3. The predicted molar refractivity (Wildman–Crippen MR) is 108 cm³/mol. The summed E-state index contributed by atoms with van der Waals surface area (Å²) in [6.45, 7) is 2.63. The molecule has 0 bridgehead atoms. The summed E-state index contributed by atoms with van der Waals surface area (Å²) in [5.41, 5.74) is 3.58. The van der Waals surface area contributed by atoms with Crippen molar-refractivity contribution in [2.24, 2.45) is 0 Å². The maximum Gasteiger partial charge on any atom is 0.143 e. The van der Waals surface area contributed by atoms with Crippen LogP contribution in [0.5, 0.6) is 5.75 Å². The molecular formula is C24H26O3. The SMILES string of the molecule is COc1ccc(C(OCCCO)(c2ccccc2)c2ccc(C)cc2)cc1. The Balaban J connectivity index is 2.21. The van der Waals surface area contributed by atoms with Crippen molar-refractivity contribution in [1.82, 2.24) is 0 Å². The molecule has 3 nitrogen and oxygen atoms in total. The summed E-state index contributed by atoms with van der Waals surface area (Å²) >= 11 is 0. The van der Waals surface area contributed by atoms with Gasteiger partial charge in [0.15, 0.2) is 0 Å². The van der Waals surface area contributed by atoms with Gasteiger partial charge in [0.05, 0.1) is 13.7 Å². The topological polar surface area (TPSA) is 38.7 Å². The zero-order chi connectivity index (χ0) is 19.1. The van der Waals surface area contributed by atoms with E-state index < -0.39 is 5.60 Å². The van der Waals surface area contributed by atoms with Crippen LogP contribution in [-0.4, -0.2) is 25.4 Å². The van der Waals surface area contributed by atoms with Crippen LogP contribution in [-0.2, 0) is 10.3 Å². The lowest BCUT2D eigenvalue weighted by atomic mass is 9.79. The van der Waals surface area contributed by atoms with Crippen LogP contribution in [0.1, 0.15) is 28.7 Å². The van der Waals surface area contributed by atoms with E-state index in [1.807, 2.05) is 42.5 Å². The van der Waals surface area contributed by atoms with Gasteiger partial charge in [-0.05, 0) is 42.2 Å². The van der Waals surface area contributed by atoms with E-state index in [2.05, 4.69) is 43.3 Å². The average molecular weight is 362 g/mol. The van der Waals surface area contributed by atoms with E-state index in [9.17, 15) is 5.11 Å². The van der Waals surface area contributed by atoms with Gasteiger partial charge in [0.1, 0.15) is 11.4 Å². The minimum absolute atomic E-state index is 0.0986. The molecule has 3 rings (SSSR count). The molecule has 0 aliphatic heterocycles. The minimum Gasteiger partial charge on any atom is -0.497 e. The Bertz CT molecular complexity index is 826. The fraction of sp³-hybridized carbons (Fsp3) is 0.250. The van der Waals surface area contributed by atoms with Gasteiger partial charge in [0.25, 0.3) is 0 Å². The maximum absolute atomic E-state index is 9.28. The third kappa shape index (κ3) is 4.05. The summed E-state index contributed by atoms with van der Waals surface area (Å²) in [6.07, 6.45) is 0.580. The summed E-state index contributed by atoms with van der Waals surface area (Å²) < 4.78 is 11.9. The van der Waals surface area contributed by atoms with Crippen molar-refractivity contribution < 1.29 is 14.6 Å². The van der Waals surface area contributed by atoms with E-state index >= 15 is 0 Å². The second kappa shape index (κ2) is 8.85. The maximum atomic E-state index is 9.28. The molecule has 1 unspecified atom stereocenters. The zero-order valence-corrected chi connectivity index (χ0v) is 15.9. The Labute approximate surface area is 161 Å². The second-order valence-corrected chi connectivity index (χ2v) is 6.57. The molecule has 3 aromatic rings. The first kappa shape index (κ1) is 19.2. The lowest BCUT2D eigenvalue weighted by molar-refractivity contribution is 0.00595. The molecule has 3 heteroatoms. The van der Waals surface area contributed by atoms with Crippen LogP contribution in [0.15, 0.2) is 78.9 Å². The van der Waals surface area contributed by atoms with Gasteiger partial charge >= 0.3 is 0 Å². The molecule has 0 saturated carbocycles. The number of ether oxygens (including phenoxy) is 2. The smallest absolute Gasteiger partial charge is 0.143 e. The molecule has 0 aliphatic rings. The van der Waals surface area contributed by atoms with Gasteiger partial charge < -0.3 is 14.6 Å². The Morgan fingerprint density at radius 2 is 1.33 bits per heavy atom. The van der Waals surface area contributed by atoms with Gasteiger partial charge in [0, 0.05) is 6.61 Å². The number of aliphatic hydroxyl groups excluding tert-OH is 1. The highest BCUT2D eigenvalue weighted by Crippen LogP contribution is 2.41. The summed E-state index contributed by atoms with van der Waals surface area (Å²) in [4.78, 5) is 0. The highest BCUT2D eigenvalue weighted by atomic mass is 16.5. The van der Waals surface area contributed by atoms with Gasteiger partial charge in [-0.15, -0.1) is 0 Å². The number of aliphatic hydroxyl groups is 1. The Morgan fingerprint density at radius 3 is 1.89 bits per heavy atom. The fourth-order valence-corrected chi connectivity index (χ4v) is 3.33. The van der Waals surface area contributed by atoms with Gasteiger partial charge in [-0.2, -0.15) is 0 Å². The first-order valence-corrected chi connectivity index (χ1v) is 9.22. The van der Waals surface area contributed by atoms with Crippen molar-refractivity contribution in [2.45, 2.75) is 18.9 Å². The van der Waals surface area contributed by atoms with Crippen molar-refractivity contribution in [3.63, 3.8) is 0 Å². The van der Waals surface area contributed by atoms with Crippen molar-refractivity contribution >= 4 is 0 Å². The van der Waals surface area contributed by atoms with E-state index in [-0.39, 0.29) is 6.61 Å². The highest BCUT2D eigenvalue weighted by molar-refractivity contribution is 5.49. The number of hydrogen-bond acceptors (Lipinski definition) is 3. The number of hydrogen-bond donors (Lipinski definition) is 1. The molecule has 0 spiro atoms. The van der Waals surface area contributed by atoms with E-state index in [0.29, 0.717) is 13.0 Å². The lowest BCUT2D eigenvalue weighted by Crippen LogP contribution is -2.33. The minimum atomic E-state index is -0.754. The first-order valence-electron chi connectivity index (χ1n) is 9.22. The average Bonchev–Trinajstić information content (AvgIpc) is 2.73. The van der Waals surface area contributed by atoms with E-state index in [0.717, 1.165) is 22.4 Å². The lowest BCUT2D eigenvalue weighted by Gasteiger charge is -2.36. The second-order valence-electron chi connectivity index (χ2n) is 6.57. The monoisotopic (exact) mass is 362 g/mol. The van der Waals surface area contributed by atoms with Crippen molar-refractivity contribution in [3.05, 3.63) is 101 Å². The highest BCUT2D eigenvalue weighted by Gasteiger charge is 2.37. The van der Waals surface area contributed by atoms with Crippen LogP contribution in [0.25, 0.3) is 0 Å². The van der Waals surface area contributed by atoms with Crippen molar-refractivity contribution in [3.8, 4) is 5.75 Å². The summed E-state index contributed by atoms with van der Waals surface area (Å²) in [7, 11) is 1.66.